The molecule has 2 fully saturated rings. The summed E-state index contributed by atoms with van der Waals surface area (Å²) >= 11 is 0. The number of para-hydroxylation sites is 1. The number of fused-ring (bicyclic) bond motifs is 11. The molecule has 9 aromatic rings. The van der Waals surface area contributed by atoms with Crippen LogP contribution in [-0.4, -0.2) is 0 Å². The third-order valence-electron chi connectivity index (χ3n) is 16.0. The minimum Gasteiger partial charge on any atom is -0.310 e. The van der Waals surface area contributed by atoms with Gasteiger partial charge in [-0.05, 0) is 145 Å². The highest BCUT2D eigenvalue weighted by Crippen LogP contribution is 2.66. The SMILES string of the molecule is CC1(C)c2ccccc2-c2cccc(-c3ccccc3-c3ccc(N(c4ccc5c(c4)C4(CC6CCC4C6)c4ccccc4-5)c4ccccc4-c4ccc(-c5ccccc5)cc4)cc3)c21. The van der Waals surface area contributed by atoms with Crippen LogP contribution in [-0.2, 0) is 10.8 Å². The number of benzene rings is 9. The van der Waals surface area contributed by atoms with Gasteiger partial charge in [-0.3, -0.25) is 0 Å². The Morgan fingerprint density at radius 2 is 0.908 bits per heavy atom. The van der Waals surface area contributed by atoms with Crippen LogP contribution in [0.5, 0.6) is 0 Å². The van der Waals surface area contributed by atoms with Gasteiger partial charge in [-0.2, -0.15) is 0 Å². The van der Waals surface area contributed by atoms with Crippen molar-refractivity contribution in [1.82, 2.24) is 0 Å². The van der Waals surface area contributed by atoms with Gasteiger partial charge >= 0.3 is 0 Å². The van der Waals surface area contributed by atoms with E-state index in [1.165, 1.54) is 121 Å². The molecule has 65 heavy (non-hydrogen) atoms. The maximum atomic E-state index is 2.59. The van der Waals surface area contributed by atoms with Gasteiger partial charge in [-0.15, -0.1) is 0 Å². The molecule has 0 saturated heterocycles. The fourth-order valence-corrected chi connectivity index (χ4v) is 13.2. The lowest BCUT2D eigenvalue weighted by molar-refractivity contribution is 0.327. The lowest BCUT2D eigenvalue weighted by Crippen LogP contribution is -2.32. The number of hydrogen-bond donors (Lipinski definition) is 0. The maximum Gasteiger partial charge on any atom is 0.0540 e. The highest BCUT2D eigenvalue weighted by atomic mass is 15.1. The minimum absolute atomic E-state index is 0.0877. The lowest BCUT2D eigenvalue weighted by atomic mass is 9.67. The van der Waals surface area contributed by atoms with Gasteiger partial charge in [0.2, 0.25) is 0 Å². The van der Waals surface area contributed by atoms with Crippen LogP contribution < -0.4 is 4.90 Å². The van der Waals surface area contributed by atoms with Gasteiger partial charge in [-0.25, -0.2) is 0 Å². The molecular weight excluding hydrogens is 783 g/mol. The van der Waals surface area contributed by atoms with Crippen LogP contribution in [0.2, 0.25) is 0 Å². The predicted molar refractivity (Wildman–Crippen MR) is 272 cm³/mol. The summed E-state index contributed by atoms with van der Waals surface area (Å²) in [7, 11) is 0. The zero-order valence-electron chi connectivity index (χ0n) is 37.1. The molecular formula is C64H51N. The number of nitrogens with zero attached hydrogens (tertiary/aromatic N) is 1. The zero-order valence-corrected chi connectivity index (χ0v) is 37.1. The van der Waals surface area contributed by atoms with Gasteiger partial charge in [0.25, 0.3) is 0 Å². The average molecular weight is 834 g/mol. The van der Waals surface area contributed by atoms with Gasteiger partial charge in [0.05, 0.1) is 5.69 Å². The summed E-state index contributed by atoms with van der Waals surface area (Å²) in [5, 5.41) is 0. The minimum atomic E-state index is -0.108. The van der Waals surface area contributed by atoms with E-state index in [1.807, 2.05) is 0 Å². The Hall–Kier alpha value is -7.22. The van der Waals surface area contributed by atoms with Crippen LogP contribution >= 0.6 is 0 Å². The Balaban J connectivity index is 0.953. The first-order valence-electron chi connectivity index (χ1n) is 23.7. The molecule has 4 aliphatic rings. The first-order chi connectivity index (χ1) is 32.0. The van der Waals surface area contributed by atoms with E-state index < -0.39 is 0 Å². The molecule has 312 valence electrons. The quantitative estimate of drug-likeness (QED) is 0.155. The second kappa shape index (κ2) is 14.7. The Kier molecular flexibility index (Phi) is 8.63. The van der Waals surface area contributed by atoms with Crippen LogP contribution in [0.4, 0.5) is 17.1 Å². The molecule has 9 aromatic carbocycles. The molecule has 3 atom stereocenters. The molecule has 0 aliphatic heterocycles. The zero-order chi connectivity index (χ0) is 43.3. The summed E-state index contributed by atoms with van der Waals surface area (Å²) in [5.41, 5.74) is 24.9. The van der Waals surface area contributed by atoms with E-state index in [2.05, 4.69) is 231 Å². The third-order valence-corrected chi connectivity index (χ3v) is 16.0. The van der Waals surface area contributed by atoms with Crippen LogP contribution in [0, 0.1) is 11.8 Å². The summed E-state index contributed by atoms with van der Waals surface area (Å²) in [4.78, 5) is 2.53. The summed E-state index contributed by atoms with van der Waals surface area (Å²) < 4.78 is 0. The smallest absolute Gasteiger partial charge is 0.0540 e. The number of hydrogen-bond acceptors (Lipinski definition) is 1. The molecule has 1 heteroatoms. The van der Waals surface area contributed by atoms with Crippen LogP contribution in [0.25, 0.3) is 66.8 Å². The first kappa shape index (κ1) is 38.3. The Morgan fingerprint density at radius 1 is 0.385 bits per heavy atom. The fraction of sp³-hybridized carbons (Fsp3) is 0.156. The van der Waals surface area contributed by atoms with Gasteiger partial charge < -0.3 is 4.90 Å². The van der Waals surface area contributed by atoms with E-state index in [1.54, 1.807) is 5.56 Å². The van der Waals surface area contributed by atoms with Crippen molar-refractivity contribution in [2.45, 2.75) is 50.4 Å². The second-order valence-electron chi connectivity index (χ2n) is 19.6. The first-order valence-corrected chi connectivity index (χ1v) is 23.7. The van der Waals surface area contributed by atoms with Crippen molar-refractivity contribution in [2.24, 2.45) is 11.8 Å². The van der Waals surface area contributed by atoms with E-state index in [4.69, 9.17) is 0 Å². The van der Waals surface area contributed by atoms with Crippen molar-refractivity contribution in [2.75, 3.05) is 4.90 Å². The fourth-order valence-electron chi connectivity index (χ4n) is 13.2. The van der Waals surface area contributed by atoms with E-state index in [0.29, 0.717) is 5.92 Å². The molecule has 2 saturated carbocycles. The molecule has 0 N–H and O–H groups in total. The standard InChI is InChI=1S/C64H51N/c1-63(2)58-24-11-8-21-54(58)57-23-14-22-56(62(57)63)52-19-7-6-17-50(52)45-32-35-48(36-33-45)65(61-26-13-10-18-51(61)46-30-28-44(29-31-46)43-15-4-3-5-16-43)49-37-38-55-53-20-9-12-25-59(53)64(60(55)40-49)41-42-27-34-47(64)39-42/h3-26,28-33,35-38,40,42,47H,27,34,39,41H2,1-2H3. The summed E-state index contributed by atoms with van der Waals surface area (Å²) in [5.74, 6) is 1.51. The lowest BCUT2D eigenvalue weighted by Gasteiger charge is -2.37. The molecule has 0 aromatic heterocycles. The van der Waals surface area contributed by atoms with E-state index >= 15 is 0 Å². The van der Waals surface area contributed by atoms with Crippen LogP contribution in [0.3, 0.4) is 0 Å². The van der Waals surface area contributed by atoms with Gasteiger partial charge in [0.1, 0.15) is 0 Å². The van der Waals surface area contributed by atoms with E-state index in [0.717, 1.165) is 11.6 Å². The molecule has 0 radical (unpaired) electrons. The maximum absolute atomic E-state index is 2.59. The molecule has 1 nitrogen and oxygen atoms in total. The third kappa shape index (κ3) is 5.77. The normalized spacial score (nSPS) is 19.2. The molecule has 1 spiro atoms. The van der Waals surface area contributed by atoms with Gasteiger partial charge in [0.15, 0.2) is 0 Å². The van der Waals surface area contributed by atoms with Gasteiger partial charge in [0, 0.05) is 27.8 Å². The topological polar surface area (TPSA) is 3.24 Å². The van der Waals surface area contributed by atoms with Crippen molar-refractivity contribution in [3.63, 3.8) is 0 Å². The molecule has 0 amide bonds. The molecule has 4 aliphatic carbocycles. The monoisotopic (exact) mass is 833 g/mol. The van der Waals surface area contributed by atoms with Crippen molar-refractivity contribution < 1.29 is 0 Å². The Morgan fingerprint density at radius 3 is 1.63 bits per heavy atom. The largest absolute Gasteiger partial charge is 0.310 e. The molecule has 0 heterocycles. The average Bonchev–Trinajstić information content (AvgIpc) is 4.12. The second-order valence-corrected chi connectivity index (χ2v) is 19.6. The van der Waals surface area contributed by atoms with Crippen molar-refractivity contribution in [3.8, 4) is 66.8 Å². The predicted octanol–water partition coefficient (Wildman–Crippen LogP) is 17.2. The molecule has 2 bridgehead atoms. The summed E-state index contributed by atoms with van der Waals surface area (Å²) in [6.07, 6.45) is 5.31. The Bertz CT molecular complexity index is 3300. The van der Waals surface area contributed by atoms with Gasteiger partial charge in [-0.1, -0.05) is 202 Å². The number of anilines is 3. The highest BCUT2D eigenvalue weighted by Gasteiger charge is 2.56. The number of rotatable bonds is 7. The molecule has 13 rings (SSSR count). The van der Waals surface area contributed by atoms with E-state index in [-0.39, 0.29) is 10.8 Å². The summed E-state index contributed by atoms with van der Waals surface area (Å²) in [6, 6.07) is 79.8. The highest BCUT2D eigenvalue weighted by molar-refractivity contribution is 5.95. The van der Waals surface area contributed by atoms with Crippen LogP contribution in [0.15, 0.2) is 212 Å². The van der Waals surface area contributed by atoms with Crippen LogP contribution in [0.1, 0.15) is 61.8 Å². The van der Waals surface area contributed by atoms with Crippen molar-refractivity contribution in [3.05, 3.63) is 235 Å². The Labute approximate surface area is 383 Å². The summed E-state index contributed by atoms with van der Waals surface area (Å²) in [6.45, 7) is 4.78. The van der Waals surface area contributed by atoms with Crippen molar-refractivity contribution in [1.29, 1.82) is 0 Å². The molecule has 3 unspecified atom stereocenters. The van der Waals surface area contributed by atoms with Crippen molar-refractivity contribution >= 4 is 17.1 Å². The van der Waals surface area contributed by atoms with E-state index in [9.17, 15) is 0 Å².